The molecule has 0 unspecified atom stereocenters. The van der Waals surface area contributed by atoms with Crippen LogP contribution >= 0.6 is 34.2 Å². The second-order valence-electron chi connectivity index (χ2n) is 3.15. The lowest BCUT2D eigenvalue weighted by Gasteiger charge is -2.15. The largest absolute Gasteiger partial charge is 0.417 e. The third kappa shape index (κ3) is 3.28. The summed E-state index contributed by atoms with van der Waals surface area (Å²) in [6, 6.07) is 0.360. The highest BCUT2D eigenvalue weighted by Gasteiger charge is 2.40. The number of hydrogen-bond donors (Lipinski definition) is 0. The lowest BCUT2D eigenvalue weighted by Crippen LogP contribution is -2.16. The number of halogens is 8. The zero-order valence-corrected chi connectivity index (χ0v) is 11.0. The molecule has 0 bridgehead atoms. The maximum atomic E-state index is 12.5. The summed E-state index contributed by atoms with van der Waals surface area (Å²) in [5.74, 6) is 0. The SMILES string of the molecule is O=C(Cl)c1cc(I)c(C(F)(F)F)cc1C(F)(F)F. The van der Waals surface area contributed by atoms with Gasteiger partial charge in [-0.1, -0.05) is 0 Å². The molecule has 0 saturated carbocycles. The summed E-state index contributed by atoms with van der Waals surface area (Å²) in [6.07, 6.45) is -10.0. The zero-order valence-electron chi connectivity index (χ0n) is 8.09. The Kier molecular flexibility index (Phi) is 4.21. The van der Waals surface area contributed by atoms with Gasteiger partial charge in [0, 0.05) is 9.13 Å². The van der Waals surface area contributed by atoms with Gasteiger partial charge >= 0.3 is 12.4 Å². The molecule has 0 spiro atoms. The minimum Gasteiger partial charge on any atom is -0.276 e. The van der Waals surface area contributed by atoms with Crippen molar-refractivity contribution in [1.29, 1.82) is 0 Å². The summed E-state index contributed by atoms with van der Waals surface area (Å²) < 4.78 is 74.4. The van der Waals surface area contributed by atoms with Crippen LogP contribution in [0.1, 0.15) is 21.5 Å². The number of benzene rings is 1. The van der Waals surface area contributed by atoms with Crippen LogP contribution in [0.2, 0.25) is 0 Å². The Morgan fingerprint density at radius 1 is 1.00 bits per heavy atom. The molecule has 1 aromatic rings. The van der Waals surface area contributed by atoms with Crippen LogP contribution in [0.25, 0.3) is 0 Å². The van der Waals surface area contributed by atoms with Crippen molar-refractivity contribution in [3.63, 3.8) is 0 Å². The Hall–Kier alpha value is -0.510. The molecule has 0 amide bonds. The van der Waals surface area contributed by atoms with Crippen LogP contribution in [0.4, 0.5) is 26.3 Å². The lowest BCUT2D eigenvalue weighted by molar-refractivity contribution is -0.143. The van der Waals surface area contributed by atoms with E-state index in [2.05, 4.69) is 0 Å². The highest BCUT2D eigenvalue weighted by Crippen LogP contribution is 2.40. The molecule has 0 aliphatic rings. The summed E-state index contributed by atoms with van der Waals surface area (Å²) in [4.78, 5) is 10.8. The molecular weight excluding hydrogens is 400 g/mol. The van der Waals surface area contributed by atoms with Gasteiger partial charge in [-0.25, -0.2) is 0 Å². The van der Waals surface area contributed by atoms with Crippen LogP contribution in [0.15, 0.2) is 12.1 Å². The molecular formula is C9H2ClF6IO. The molecule has 0 aliphatic carbocycles. The first-order valence-corrected chi connectivity index (χ1v) is 5.58. The van der Waals surface area contributed by atoms with Crippen molar-refractivity contribution in [2.24, 2.45) is 0 Å². The molecule has 0 aromatic heterocycles. The van der Waals surface area contributed by atoms with Gasteiger partial charge in [-0.3, -0.25) is 4.79 Å². The Morgan fingerprint density at radius 2 is 1.44 bits per heavy atom. The van der Waals surface area contributed by atoms with E-state index in [4.69, 9.17) is 11.6 Å². The predicted molar refractivity (Wildman–Crippen MR) is 59.3 cm³/mol. The summed E-state index contributed by atoms with van der Waals surface area (Å²) in [5, 5.41) is -1.46. The number of carbonyl (C=O) groups excluding carboxylic acids is 1. The maximum Gasteiger partial charge on any atom is 0.417 e. The minimum atomic E-state index is -5.09. The fourth-order valence-corrected chi connectivity index (χ4v) is 2.12. The Morgan fingerprint density at radius 3 is 1.78 bits per heavy atom. The fraction of sp³-hybridized carbons (Fsp3) is 0.222. The number of carbonyl (C=O) groups is 1. The zero-order chi connectivity index (χ0) is 14.3. The minimum absolute atomic E-state index is 0.114. The number of rotatable bonds is 1. The molecule has 1 nitrogen and oxygen atoms in total. The summed E-state index contributed by atoms with van der Waals surface area (Å²) in [7, 11) is 0. The second-order valence-corrected chi connectivity index (χ2v) is 4.65. The van der Waals surface area contributed by atoms with E-state index in [0.717, 1.165) is 0 Å². The normalized spacial score (nSPS) is 12.7. The highest BCUT2D eigenvalue weighted by atomic mass is 127. The van der Waals surface area contributed by atoms with Gasteiger partial charge in [0.25, 0.3) is 5.24 Å². The topological polar surface area (TPSA) is 17.1 Å². The average molecular weight is 402 g/mol. The first kappa shape index (κ1) is 15.5. The van der Waals surface area contributed by atoms with Crippen molar-refractivity contribution < 1.29 is 31.1 Å². The molecule has 0 heterocycles. The van der Waals surface area contributed by atoms with Crippen molar-refractivity contribution in [2.75, 3.05) is 0 Å². The van der Waals surface area contributed by atoms with Crippen molar-refractivity contribution in [2.45, 2.75) is 12.4 Å². The molecule has 0 atom stereocenters. The smallest absolute Gasteiger partial charge is 0.276 e. The Labute approximate surface area is 115 Å². The molecule has 100 valence electrons. The molecule has 0 aliphatic heterocycles. The van der Waals surface area contributed by atoms with Crippen LogP contribution in [0.3, 0.4) is 0 Å². The van der Waals surface area contributed by atoms with Gasteiger partial charge in [0.1, 0.15) is 0 Å². The molecule has 1 rings (SSSR count). The maximum absolute atomic E-state index is 12.5. The van der Waals surface area contributed by atoms with Gasteiger partial charge < -0.3 is 0 Å². The van der Waals surface area contributed by atoms with Gasteiger partial charge in [-0.05, 0) is 46.3 Å². The van der Waals surface area contributed by atoms with Crippen LogP contribution < -0.4 is 0 Å². The van der Waals surface area contributed by atoms with Crippen molar-refractivity contribution in [3.05, 3.63) is 32.4 Å². The molecule has 0 N–H and O–H groups in total. The molecule has 0 saturated heterocycles. The van der Waals surface area contributed by atoms with Crippen LogP contribution in [0.5, 0.6) is 0 Å². The van der Waals surface area contributed by atoms with E-state index in [1.807, 2.05) is 0 Å². The lowest BCUT2D eigenvalue weighted by atomic mass is 10.0. The molecule has 0 radical (unpaired) electrons. The van der Waals surface area contributed by atoms with Crippen molar-refractivity contribution in [3.8, 4) is 0 Å². The van der Waals surface area contributed by atoms with Crippen LogP contribution in [-0.4, -0.2) is 5.24 Å². The summed E-state index contributed by atoms with van der Waals surface area (Å²) in [6.45, 7) is 0. The number of alkyl halides is 6. The van der Waals surface area contributed by atoms with E-state index < -0.39 is 37.9 Å². The Balaban J connectivity index is 3.62. The first-order chi connectivity index (χ1) is 7.94. The van der Waals surface area contributed by atoms with E-state index in [9.17, 15) is 31.1 Å². The molecule has 18 heavy (non-hydrogen) atoms. The highest BCUT2D eigenvalue weighted by molar-refractivity contribution is 14.1. The first-order valence-electron chi connectivity index (χ1n) is 4.12. The predicted octanol–water partition coefficient (Wildman–Crippen LogP) is 4.71. The molecule has 1 aromatic carbocycles. The van der Waals surface area contributed by atoms with Gasteiger partial charge in [-0.15, -0.1) is 0 Å². The van der Waals surface area contributed by atoms with E-state index in [-0.39, 0.29) is 6.07 Å². The third-order valence-corrected chi connectivity index (χ3v) is 3.03. The summed E-state index contributed by atoms with van der Waals surface area (Å²) in [5.41, 5.74) is -4.16. The quantitative estimate of drug-likeness (QED) is 0.378. The second kappa shape index (κ2) is 4.87. The average Bonchev–Trinajstić information content (AvgIpc) is 2.12. The number of hydrogen-bond acceptors (Lipinski definition) is 1. The van der Waals surface area contributed by atoms with Crippen LogP contribution in [-0.2, 0) is 12.4 Å². The van der Waals surface area contributed by atoms with Gasteiger partial charge in [0.2, 0.25) is 0 Å². The molecule has 0 fully saturated rings. The third-order valence-electron chi connectivity index (χ3n) is 1.93. The van der Waals surface area contributed by atoms with Crippen molar-refractivity contribution in [1.82, 2.24) is 0 Å². The van der Waals surface area contributed by atoms with Gasteiger partial charge in [0.05, 0.1) is 11.1 Å². The fourth-order valence-electron chi connectivity index (χ4n) is 1.19. The molecule has 9 heteroatoms. The van der Waals surface area contributed by atoms with E-state index >= 15 is 0 Å². The van der Waals surface area contributed by atoms with Gasteiger partial charge in [0.15, 0.2) is 0 Å². The van der Waals surface area contributed by atoms with E-state index in [1.165, 1.54) is 22.6 Å². The Bertz CT molecular complexity index is 493. The van der Waals surface area contributed by atoms with Crippen LogP contribution in [0, 0.1) is 3.57 Å². The van der Waals surface area contributed by atoms with E-state index in [1.54, 1.807) is 0 Å². The van der Waals surface area contributed by atoms with Gasteiger partial charge in [-0.2, -0.15) is 26.3 Å². The monoisotopic (exact) mass is 402 g/mol. The van der Waals surface area contributed by atoms with E-state index in [0.29, 0.717) is 6.07 Å². The van der Waals surface area contributed by atoms with Crippen molar-refractivity contribution >= 4 is 39.4 Å². The summed E-state index contributed by atoms with van der Waals surface area (Å²) >= 11 is 6.12. The standard InChI is InChI=1S/C9H2ClF6IO/c10-7(18)3-1-6(17)5(9(14,15)16)2-4(3)8(11,12)13/h1-2H.